The van der Waals surface area contributed by atoms with Crippen LogP contribution in [0.2, 0.25) is 0 Å². The Morgan fingerprint density at radius 2 is 1.91 bits per heavy atom. The Labute approximate surface area is 198 Å². The Balaban J connectivity index is 1.42. The predicted octanol–water partition coefficient (Wildman–Crippen LogP) is 4.12. The van der Waals surface area contributed by atoms with E-state index in [4.69, 9.17) is 9.84 Å². The van der Waals surface area contributed by atoms with Crippen LogP contribution < -0.4 is 15.4 Å². The molecule has 0 saturated heterocycles. The zero-order valence-electron chi connectivity index (χ0n) is 18.2. The van der Waals surface area contributed by atoms with E-state index in [0.717, 1.165) is 5.69 Å². The molecular formula is C23H17N9O3. The largest absolute Gasteiger partial charge is 0.465 e. The van der Waals surface area contributed by atoms with E-state index in [1.54, 1.807) is 37.4 Å². The van der Waals surface area contributed by atoms with Crippen LogP contribution in [0.4, 0.5) is 21.9 Å². The molecule has 3 aromatic heterocycles. The van der Waals surface area contributed by atoms with Gasteiger partial charge in [0.05, 0.1) is 40.5 Å². The van der Waals surface area contributed by atoms with E-state index in [0.29, 0.717) is 39.5 Å². The maximum atomic E-state index is 11.1. The van der Waals surface area contributed by atoms with E-state index in [-0.39, 0.29) is 6.01 Å². The highest BCUT2D eigenvalue weighted by Crippen LogP contribution is 2.33. The molecule has 1 amide bonds. The maximum Gasteiger partial charge on any atom is 0.409 e. The lowest BCUT2D eigenvalue weighted by Gasteiger charge is -2.12. The number of para-hydroxylation sites is 1. The summed E-state index contributed by atoms with van der Waals surface area (Å²) in [6.45, 7) is 1.75. The number of aromatic nitrogens is 6. The smallest absolute Gasteiger partial charge is 0.409 e. The normalized spacial score (nSPS) is 10.6. The zero-order chi connectivity index (χ0) is 24.4. The Morgan fingerprint density at radius 3 is 2.63 bits per heavy atom. The average Bonchev–Trinajstić information content (AvgIpc) is 3.45. The van der Waals surface area contributed by atoms with E-state index in [2.05, 4.69) is 37.3 Å². The van der Waals surface area contributed by atoms with Gasteiger partial charge in [-0.05, 0) is 53.7 Å². The number of benzene rings is 2. The highest BCUT2D eigenvalue weighted by molar-refractivity contribution is 5.92. The van der Waals surface area contributed by atoms with Crippen molar-refractivity contribution < 1.29 is 14.6 Å². The number of amides is 1. The number of rotatable bonds is 6. The van der Waals surface area contributed by atoms with Crippen LogP contribution in [-0.2, 0) is 0 Å². The molecule has 0 aliphatic rings. The number of nitrogens with one attached hydrogen (secondary N) is 2. The number of hydrogen-bond acceptors (Lipinski definition) is 8. The van der Waals surface area contributed by atoms with Crippen molar-refractivity contribution in [3.63, 3.8) is 0 Å². The molecule has 0 aliphatic carbocycles. The van der Waals surface area contributed by atoms with Crippen LogP contribution in [0.25, 0.3) is 11.2 Å². The third-order valence-electron chi connectivity index (χ3n) is 5.19. The molecule has 172 valence electrons. The molecule has 0 fully saturated rings. The minimum absolute atomic E-state index is 0.210. The second-order valence-electron chi connectivity index (χ2n) is 7.40. The fourth-order valence-electron chi connectivity index (χ4n) is 3.57. The summed E-state index contributed by atoms with van der Waals surface area (Å²) in [5.74, 6) is 0.509. The van der Waals surface area contributed by atoms with E-state index < -0.39 is 6.09 Å². The third kappa shape index (κ3) is 4.16. The van der Waals surface area contributed by atoms with Gasteiger partial charge in [0.2, 0.25) is 0 Å². The van der Waals surface area contributed by atoms with Crippen LogP contribution in [0.3, 0.4) is 0 Å². The van der Waals surface area contributed by atoms with Gasteiger partial charge < -0.3 is 15.2 Å². The van der Waals surface area contributed by atoms with Crippen molar-refractivity contribution in [2.24, 2.45) is 0 Å². The summed E-state index contributed by atoms with van der Waals surface area (Å²) in [4.78, 5) is 11.1. The van der Waals surface area contributed by atoms with Gasteiger partial charge in [0.1, 0.15) is 11.8 Å². The standard InChI is InChI=1S/C23H17N9O3/c1-14-19(27-23(33)34)13-31-21(14)20(15(11-24)12-25-31)26-16-7-9-18(10-8-16)35-22-28-29-30-32(22)17-5-3-2-4-6-17/h2-10,12-13,26-27H,1H3,(H,33,34). The molecule has 5 rings (SSSR count). The quantitative estimate of drug-likeness (QED) is 0.334. The lowest BCUT2D eigenvalue weighted by atomic mass is 10.1. The van der Waals surface area contributed by atoms with Gasteiger partial charge in [-0.1, -0.05) is 23.3 Å². The van der Waals surface area contributed by atoms with Gasteiger partial charge in [-0.2, -0.15) is 15.0 Å². The van der Waals surface area contributed by atoms with E-state index >= 15 is 0 Å². The molecule has 2 aromatic carbocycles. The highest BCUT2D eigenvalue weighted by Gasteiger charge is 2.17. The van der Waals surface area contributed by atoms with Gasteiger partial charge in [-0.15, -0.1) is 0 Å². The van der Waals surface area contributed by atoms with Crippen molar-refractivity contribution in [1.29, 1.82) is 5.26 Å². The topological polar surface area (TPSA) is 155 Å². The molecule has 0 unspecified atom stereocenters. The Hall–Kier alpha value is -5.44. The summed E-state index contributed by atoms with van der Waals surface area (Å²) in [7, 11) is 0. The van der Waals surface area contributed by atoms with Crippen LogP contribution in [-0.4, -0.2) is 41.0 Å². The van der Waals surface area contributed by atoms with Crippen molar-refractivity contribution in [3.05, 3.63) is 78.1 Å². The number of anilines is 3. The molecular weight excluding hydrogens is 450 g/mol. The average molecular weight is 467 g/mol. The molecule has 3 N–H and O–H groups in total. The predicted molar refractivity (Wildman–Crippen MR) is 125 cm³/mol. The fourth-order valence-corrected chi connectivity index (χ4v) is 3.57. The van der Waals surface area contributed by atoms with E-state index in [9.17, 15) is 10.1 Å². The summed E-state index contributed by atoms with van der Waals surface area (Å²) in [5.41, 5.74) is 3.84. The molecule has 0 aliphatic heterocycles. The van der Waals surface area contributed by atoms with E-state index in [1.165, 1.54) is 15.4 Å². The monoisotopic (exact) mass is 467 g/mol. The molecule has 0 spiro atoms. The molecule has 0 saturated carbocycles. The molecule has 35 heavy (non-hydrogen) atoms. The Morgan fingerprint density at radius 1 is 1.14 bits per heavy atom. The van der Waals surface area contributed by atoms with Crippen LogP contribution in [0, 0.1) is 18.3 Å². The van der Waals surface area contributed by atoms with Crippen LogP contribution in [0.15, 0.2) is 67.0 Å². The molecule has 5 aromatic rings. The summed E-state index contributed by atoms with van der Waals surface area (Å²) in [6.07, 6.45) is 1.78. The Bertz CT molecular complexity index is 1570. The fraction of sp³-hybridized carbons (Fsp3) is 0.0435. The van der Waals surface area contributed by atoms with Crippen molar-refractivity contribution in [3.8, 4) is 23.5 Å². The van der Waals surface area contributed by atoms with E-state index in [1.807, 2.05) is 30.3 Å². The minimum atomic E-state index is -1.19. The minimum Gasteiger partial charge on any atom is -0.465 e. The van der Waals surface area contributed by atoms with Crippen LogP contribution >= 0.6 is 0 Å². The first-order valence-electron chi connectivity index (χ1n) is 10.3. The van der Waals surface area contributed by atoms with Gasteiger partial charge in [0.25, 0.3) is 0 Å². The highest BCUT2D eigenvalue weighted by atomic mass is 16.5. The second kappa shape index (κ2) is 8.83. The van der Waals surface area contributed by atoms with Crippen molar-refractivity contribution in [1.82, 2.24) is 29.8 Å². The summed E-state index contributed by atoms with van der Waals surface area (Å²) < 4.78 is 8.85. The maximum absolute atomic E-state index is 11.1. The summed E-state index contributed by atoms with van der Waals surface area (Å²) in [6, 6.07) is 18.7. The van der Waals surface area contributed by atoms with Crippen molar-refractivity contribution in [2.75, 3.05) is 10.6 Å². The molecule has 12 heteroatoms. The van der Waals surface area contributed by atoms with Gasteiger partial charge in [-0.3, -0.25) is 5.32 Å². The number of ether oxygens (including phenoxy) is 1. The van der Waals surface area contributed by atoms with Gasteiger partial charge >= 0.3 is 12.1 Å². The third-order valence-corrected chi connectivity index (χ3v) is 5.19. The molecule has 0 atom stereocenters. The number of tetrazole rings is 1. The number of nitrogens with zero attached hydrogens (tertiary/aromatic N) is 7. The second-order valence-corrected chi connectivity index (χ2v) is 7.40. The van der Waals surface area contributed by atoms with Gasteiger partial charge in [0.15, 0.2) is 0 Å². The first kappa shape index (κ1) is 21.4. The number of carbonyl (C=O) groups is 1. The molecule has 0 radical (unpaired) electrons. The van der Waals surface area contributed by atoms with Gasteiger partial charge in [0, 0.05) is 11.3 Å². The number of hydrogen-bond donors (Lipinski definition) is 3. The number of aryl methyl sites for hydroxylation is 1. The first-order valence-corrected chi connectivity index (χ1v) is 10.3. The number of nitriles is 1. The zero-order valence-corrected chi connectivity index (χ0v) is 18.2. The van der Waals surface area contributed by atoms with Crippen LogP contribution in [0.1, 0.15) is 11.1 Å². The molecule has 0 bridgehead atoms. The van der Waals surface area contributed by atoms with Gasteiger partial charge in [-0.25, -0.2) is 9.31 Å². The summed E-state index contributed by atoms with van der Waals surface area (Å²) in [5, 5.41) is 40.1. The summed E-state index contributed by atoms with van der Waals surface area (Å²) >= 11 is 0. The molecule has 3 heterocycles. The number of fused-ring (bicyclic) bond motifs is 1. The van der Waals surface area contributed by atoms with Crippen LogP contribution in [0.5, 0.6) is 11.8 Å². The number of carboxylic acid groups (broad SMARTS) is 1. The Kier molecular flexibility index (Phi) is 5.40. The molecule has 12 nitrogen and oxygen atoms in total. The van der Waals surface area contributed by atoms with Crippen molar-refractivity contribution >= 4 is 28.7 Å². The lowest BCUT2D eigenvalue weighted by Crippen LogP contribution is -2.07. The first-order chi connectivity index (χ1) is 17.0. The SMILES string of the molecule is Cc1c(NC(=O)O)cn2ncc(C#N)c(Nc3ccc(Oc4nnnn4-c4ccccc4)cc3)c12. The lowest BCUT2D eigenvalue weighted by molar-refractivity contribution is 0.209. The van der Waals surface area contributed by atoms with Crippen molar-refractivity contribution in [2.45, 2.75) is 6.92 Å².